The van der Waals surface area contributed by atoms with Crippen LogP contribution in [0.1, 0.15) is 24.9 Å². The quantitative estimate of drug-likeness (QED) is 0.686. The van der Waals surface area contributed by atoms with Gasteiger partial charge in [0.15, 0.2) is 0 Å². The van der Waals surface area contributed by atoms with Crippen LogP contribution in [0.3, 0.4) is 0 Å². The molecule has 1 aromatic heterocycles. The van der Waals surface area contributed by atoms with Crippen molar-refractivity contribution in [2.75, 3.05) is 33.5 Å². The highest BCUT2D eigenvalue weighted by Gasteiger charge is 2.12. The van der Waals surface area contributed by atoms with Crippen LogP contribution in [-0.2, 0) is 9.47 Å². The van der Waals surface area contributed by atoms with Gasteiger partial charge in [-0.15, -0.1) is 0 Å². The average molecular weight is 256 g/mol. The molecule has 0 amide bonds. The van der Waals surface area contributed by atoms with Gasteiger partial charge in [0.25, 0.3) is 0 Å². The van der Waals surface area contributed by atoms with Gasteiger partial charge in [-0.05, 0) is 24.6 Å². The Morgan fingerprint density at radius 3 is 2.89 bits per heavy atom. The van der Waals surface area contributed by atoms with Crippen molar-refractivity contribution in [2.24, 2.45) is 0 Å². The van der Waals surface area contributed by atoms with Crippen molar-refractivity contribution in [1.29, 1.82) is 0 Å². The van der Waals surface area contributed by atoms with E-state index in [-0.39, 0.29) is 11.9 Å². The zero-order chi connectivity index (χ0) is 13.2. The Bertz CT molecular complexity index is 337. The minimum atomic E-state index is -0.326. The lowest BCUT2D eigenvalue weighted by Crippen LogP contribution is -2.27. The summed E-state index contributed by atoms with van der Waals surface area (Å²) in [6, 6.07) is 1.45. The number of nitrogens with zero attached hydrogens (tertiary/aromatic N) is 1. The third-order valence-electron chi connectivity index (χ3n) is 2.49. The van der Waals surface area contributed by atoms with Gasteiger partial charge >= 0.3 is 0 Å². The Hall–Kier alpha value is -1.04. The van der Waals surface area contributed by atoms with Gasteiger partial charge in [0, 0.05) is 13.3 Å². The van der Waals surface area contributed by atoms with Crippen LogP contribution in [-0.4, -0.2) is 38.5 Å². The molecule has 1 unspecified atom stereocenters. The minimum absolute atomic E-state index is 0.0370. The molecule has 0 aliphatic heterocycles. The van der Waals surface area contributed by atoms with Gasteiger partial charge < -0.3 is 14.8 Å². The van der Waals surface area contributed by atoms with Crippen LogP contribution in [0.4, 0.5) is 4.39 Å². The molecule has 1 atom stereocenters. The predicted molar refractivity (Wildman–Crippen MR) is 67.9 cm³/mol. The molecule has 4 nitrogen and oxygen atoms in total. The standard InChI is InChI=1S/C13H21FN2O2/c1-3-4-16-13(10-18-6-5-17-2)11-7-12(14)9-15-8-11/h7-9,13,16H,3-6,10H2,1-2H3. The Kier molecular flexibility index (Phi) is 7.48. The highest BCUT2D eigenvalue weighted by Crippen LogP contribution is 2.13. The molecule has 1 aromatic rings. The topological polar surface area (TPSA) is 43.4 Å². The lowest BCUT2D eigenvalue weighted by molar-refractivity contribution is 0.0585. The number of methoxy groups -OCH3 is 1. The molecule has 102 valence electrons. The Labute approximate surface area is 108 Å². The SMILES string of the molecule is CCCNC(COCCOC)c1cncc(F)c1. The molecule has 0 radical (unpaired) electrons. The summed E-state index contributed by atoms with van der Waals surface area (Å²) in [5.74, 6) is -0.326. The molecule has 0 fully saturated rings. The van der Waals surface area contributed by atoms with Crippen molar-refractivity contribution < 1.29 is 13.9 Å². The molecule has 0 aliphatic rings. The van der Waals surface area contributed by atoms with E-state index >= 15 is 0 Å². The van der Waals surface area contributed by atoms with E-state index in [4.69, 9.17) is 9.47 Å². The lowest BCUT2D eigenvalue weighted by atomic mass is 10.1. The fraction of sp³-hybridized carbons (Fsp3) is 0.615. The zero-order valence-corrected chi connectivity index (χ0v) is 11.0. The molecule has 1 rings (SSSR count). The number of hydrogen-bond acceptors (Lipinski definition) is 4. The molecule has 5 heteroatoms. The van der Waals surface area contributed by atoms with Crippen molar-refractivity contribution in [1.82, 2.24) is 10.3 Å². The van der Waals surface area contributed by atoms with Gasteiger partial charge in [0.2, 0.25) is 0 Å². The fourth-order valence-corrected chi connectivity index (χ4v) is 1.55. The number of hydrogen-bond donors (Lipinski definition) is 1. The molecule has 0 bridgehead atoms. The predicted octanol–water partition coefficient (Wildman–Crippen LogP) is 1.92. The van der Waals surface area contributed by atoms with E-state index in [0.717, 1.165) is 18.5 Å². The van der Waals surface area contributed by atoms with Gasteiger partial charge in [-0.1, -0.05) is 6.92 Å². The summed E-state index contributed by atoms with van der Waals surface area (Å²) in [7, 11) is 1.63. The van der Waals surface area contributed by atoms with Crippen LogP contribution >= 0.6 is 0 Å². The number of pyridine rings is 1. The van der Waals surface area contributed by atoms with Crippen LogP contribution in [0.15, 0.2) is 18.5 Å². The van der Waals surface area contributed by atoms with Gasteiger partial charge in [-0.25, -0.2) is 4.39 Å². The maximum Gasteiger partial charge on any atom is 0.141 e. The maximum atomic E-state index is 13.1. The molecular formula is C13H21FN2O2. The largest absolute Gasteiger partial charge is 0.382 e. The second-order valence-corrected chi connectivity index (χ2v) is 4.01. The molecule has 1 N–H and O–H groups in total. The summed E-state index contributed by atoms with van der Waals surface area (Å²) < 4.78 is 23.5. The number of halogens is 1. The average Bonchev–Trinajstić information content (AvgIpc) is 2.38. The highest BCUT2D eigenvalue weighted by molar-refractivity contribution is 5.15. The van der Waals surface area contributed by atoms with E-state index in [0.29, 0.717) is 19.8 Å². The number of rotatable bonds is 9. The van der Waals surface area contributed by atoms with Crippen LogP contribution in [0, 0.1) is 5.82 Å². The second-order valence-electron chi connectivity index (χ2n) is 4.01. The van der Waals surface area contributed by atoms with Crippen molar-refractivity contribution in [3.63, 3.8) is 0 Å². The first kappa shape index (κ1) is 15.0. The molecule has 1 heterocycles. The summed E-state index contributed by atoms with van der Waals surface area (Å²) in [5, 5.41) is 3.32. The van der Waals surface area contributed by atoms with Crippen LogP contribution < -0.4 is 5.32 Å². The van der Waals surface area contributed by atoms with Gasteiger partial charge in [0.1, 0.15) is 5.82 Å². The Morgan fingerprint density at radius 1 is 1.39 bits per heavy atom. The zero-order valence-electron chi connectivity index (χ0n) is 11.0. The summed E-state index contributed by atoms with van der Waals surface area (Å²) in [6.45, 7) is 4.51. The normalized spacial score (nSPS) is 12.6. The van der Waals surface area contributed by atoms with Crippen LogP contribution in [0.5, 0.6) is 0 Å². The van der Waals surface area contributed by atoms with Gasteiger partial charge in [-0.3, -0.25) is 4.98 Å². The summed E-state index contributed by atoms with van der Waals surface area (Å²) in [6.07, 6.45) is 3.87. The molecule has 18 heavy (non-hydrogen) atoms. The smallest absolute Gasteiger partial charge is 0.141 e. The van der Waals surface area contributed by atoms with E-state index in [1.54, 1.807) is 13.3 Å². The molecule has 0 saturated heterocycles. The Morgan fingerprint density at radius 2 is 2.22 bits per heavy atom. The van der Waals surface area contributed by atoms with Gasteiger partial charge in [-0.2, -0.15) is 0 Å². The second kappa shape index (κ2) is 8.97. The number of ether oxygens (including phenoxy) is 2. The van der Waals surface area contributed by atoms with Gasteiger partial charge in [0.05, 0.1) is 32.1 Å². The molecular weight excluding hydrogens is 235 g/mol. The Balaban J connectivity index is 2.54. The highest BCUT2D eigenvalue weighted by atomic mass is 19.1. The van der Waals surface area contributed by atoms with E-state index in [1.165, 1.54) is 12.3 Å². The molecule has 0 aliphatic carbocycles. The van der Waals surface area contributed by atoms with E-state index < -0.39 is 0 Å². The molecule has 0 saturated carbocycles. The first-order valence-electron chi connectivity index (χ1n) is 6.18. The number of nitrogens with one attached hydrogen (secondary N) is 1. The number of aromatic nitrogens is 1. The van der Waals surface area contributed by atoms with E-state index in [9.17, 15) is 4.39 Å². The van der Waals surface area contributed by atoms with Crippen LogP contribution in [0.2, 0.25) is 0 Å². The first-order valence-corrected chi connectivity index (χ1v) is 6.18. The van der Waals surface area contributed by atoms with E-state index in [2.05, 4.69) is 17.2 Å². The summed E-state index contributed by atoms with van der Waals surface area (Å²) in [4.78, 5) is 3.86. The molecule has 0 spiro atoms. The van der Waals surface area contributed by atoms with E-state index in [1.807, 2.05) is 0 Å². The van der Waals surface area contributed by atoms with Crippen molar-refractivity contribution in [3.8, 4) is 0 Å². The monoisotopic (exact) mass is 256 g/mol. The minimum Gasteiger partial charge on any atom is -0.382 e. The maximum absolute atomic E-state index is 13.1. The lowest BCUT2D eigenvalue weighted by Gasteiger charge is -2.18. The van der Waals surface area contributed by atoms with Crippen molar-refractivity contribution in [2.45, 2.75) is 19.4 Å². The van der Waals surface area contributed by atoms with Crippen molar-refractivity contribution >= 4 is 0 Å². The summed E-state index contributed by atoms with van der Waals surface area (Å²) >= 11 is 0. The third kappa shape index (κ3) is 5.53. The molecule has 0 aromatic carbocycles. The van der Waals surface area contributed by atoms with Crippen molar-refractivity contribution in [3.05, 3.63) is 29.8 Å². The first-order chi connectivity index (χ1) is 8.77. The van der Waals surface area contributed by atoms with Crippen LogP contribution in [0.25, 0.3) is 0 Å². The fourth-order valence-electron chi connectivity index (χ4n) is 1.55. The third-order valence-corrected chi connectivity index (χ3v) is 2.49. The summed E-state index contributed by atoms with van der Waals surface area (Å²) in [5.41, 5.74) is 0.806.